The first-order chi connectivity index (χ1) is 11.6. The van der Waals surface area contributed by atoms with Crippen molar-refractivity contribution in [2.75, 3.05) is 13.1 Å². The number of aromatic nitrogens is 3. The van der Waals surface area contributed by atoms with Crippen molar-refractivity contribution in [2.24, 2.45) is 4.99 Å². The van der Waals surface area contributed by atoms with Crippen molar-refractivity contribution in [3.63, 3.8) is 0 Å². The van der Waals surface area contributed by atoms with Crippen LogP contribution in [0.4, 0.5) is 0 Å². The molecule has 3 N–H and O–H groups in total. The minimum Gasteiger partial charge on any atom is -0.357 e. The lowest BCUT2D eigenvalue weighted by Gasteiger charge is -2.10. The molecule has 0 amide bonds. The standard InChI is InChI=1S/C17H28N6S.HI/c1-5-18-17(19-8-6-7-14-9-21-23-13(14)4)20-10-16-22-15(11-24-16)12(2)3;/h9,11-12H,5-8,10H2,1-4H3,(H,21,23)(H2,18,19,20);1H. The van der Waals surface area contributed by atoms with E-state index in [-0.39, 0.29) is 24.0 Å². The molecule has 0 unspecified atom stereocenters. The fourth-order valence-electron chi connectivity index (χ4n) is 2.26. The van der Waals surface area contributed by atoms with E-state index in [4.69, 9.17) is 0 Å². The summed E-state index contributed by atoms with van der Waals surface area (Å²) in [5, 5.41) is 16.9. The summed E-state index contributed by atoms with van der Waals surface area (Å²) < 4.78 is 0. The second-order valence-corrected chi connectivity index (χ2v) is 7.01. The molecule has 0 aromatic carbocycles. The van der Waals surface area contributed by atoms with Gasteiger partial charge in [0, 0.05) is 24.2 Å². The van der Waals surface area contributed by atoms with E-state index in [2.05, 4.69) is 63.9 Å². The van der Waals surface area contributed by atoms with Gasteiger partial charge in [-0.25, -0.2) is 9.98 Å². The van der Waals surface area contributed by atoms with Crippen molar-refractivity contribution in [1.29, 1.82) is 0 Å². The predicted molar refractivity (Wildman–Crippen MR) is 116 cm³/mol. The van der Waals surface area contributed by atoms with Gasteiger partial charge in [0.25, 0.3) is 0 Å². The van der Waals surface area contributed by atoms with Crippen molar-refractivity contribution in [3.05, 3.63) is 33.5 Å². The lowest BCUT2D eigenvalue weighted by Crippen LogP contribution is -2.37. The molecule has 2 rings (SSSR count). The second-order valence-electron chi connectivity index (χ2n) is 6.07. The van der Waals surface area contributed by atoms with E-state index in [9.17, 15) is 0 Å². The summed E-state index contributed by atoms with van der Waals surface area (Å²) in [6.45, 7) is 10.8. The van der Waals surface area contributed by atoms with Crippen LogP contribution in [-0.4, -0.2) is 34.2 Å². The van der Waals surface area contributed by atoms with Gasteiger partial charge in [0.1, 0.15) is 5.01 Å². The molecule has 25 heavy (non-hydrogen) atoms. The average molecular weight is 476 g/mol. The van der Waals surface area contributed by atoms with Crippen LogP contribution in [0.25, 0.3) is 0 Å². The summed E-state index contributed by atoms with van der Waals surface area (Å²) in [4.78, 5) is 9.26. The number of rotatable bonds is 8. The quantitative estimate of drug-likeness (QED) is 0.236. The number of nitrogens with zero attached hydrogens (tertiary/aromatic N) is 3. The van der Waals surface area contributed by atoms with E-state index in [0.717, 1.165) is 48.3 Å². The Hall–Kier alpha value is -1.16. The number of hydrogen-bond donors (Lipinski definition) is 3. The Balaban J connectivity index is 0.00000312. The number of guanidine groups is 1. The summed E-state index contributed by atoms with van der Waals surface area (Å²) in [5.74, 6) is 1.32. The van der Waals surface area contributed by atoms with Crippen molar-refractivity contribution < 1.29 is 0 Å². The summed E-state index contributed by atoms with van der Waals surface area (Å²) >= 11 is 1.68. The van der Waals surface area contributed by atoms with Gasteiger partial charge in [-0.05, 0) is 38.2 Å². The number of nitrogens with one attached hydrogen (secondary N) is 3. The zero-order valence-electron chi connectivity index (χ0n) is 15.4. The highest BCUT2D eigenvalue weighted by atomic mass is 127. The van der Waals surface area contributed by atoms with Gasteiger partial charge in [0.15, 0.2) is 5.96 Å². The maximum absolute atomic E-state index is 4.63. The van der Waals surface area contributed by atoms with E-state index in [1.54, 1.807) is 11.3 Å². The predicted octanol–water partition coefficient (Wildman–Crippen LogP) is 3.60. The monoisotopic (exact) mass is 476 g/mol. The van der Waals surface area contributed by atoms with Crippen LogP contribution in [-0.2, 0) is 13.0 Å². The Labute approximate surface area is 171 Å². The first-order valence-corrected chi connectivity index (χ1v) is 9.43. The summed E-state index contributed by atoms with van der Waals surface area (Å²) in [5.41, 5.74) is 3.58. The molecule has 2 heterocycles. The Morgan fingerprint density at radius 3 is 2.76 bits per heavy atom. The molecule has 0 bridgehead atoms. The van der Waals surface area contributed by atoms with Crippen molar-refractivity contribution in [2.45, 2.75) is 53.0 Å². The van der Waals surface area contributed by atoms with Crippen LogP contribution in [0.2, 0.25) is 0 Å². The van der Waals surface area contributed by atoms with Crippen LogP contribution in [0.15, 0.2) is 16.6 Å². The molecule has 0 aliphatic carbocycles. The molecule has 140 valence electrons. The first kappa shape index (κ1) is 21.9. The molecule has 0 saturated carbocycles. The van der Waals surface area contributed by atoms with Crippen molar-refractivity contribution in [3.8, 4) is 0 Å². The zero-order valence-corrected chi connectivity index (χ0v) is 18.6. The molecule has 0 radical (unpaired) electrons. The molecular formula is C17H29IN6S. The summed E-state index contributed by atoms with van der Waals surface area (Å²) in [7, 11) is 0. The smallest absolute Gasteiger partial charge is 0.191 e. The maximum Gasteiger partial charge on any atom is 0.191 e. The van der Waals surface area contributed by atoms with E-state index in [1.807, 2.05) is 6.20 Å². The largest absolute Gasteiger partial charge is 0.357 e. The lowest BCUT2D eigenvalue weighted by molar-refractivity contribution is 0.741. The van der Waals surface area contributed by atoms with Crippen molar-refractivity contribution in [1.82, 2.24) is 25.8 Å². The van der Waals surface area contributed by atoms with Crippen LogP contribution >= 0.6 is 35.3 Å². The second kappa shape index (κ2) is 11.5. The van der Waals surface area contributed by atoms with Gasteiger partial charge in [-0.15, -0.1) is 35.3 Å². The molecule has 6 nitrogen and oxygen atoms in total. The van der Waals surface area contributed by atoms with Crippen LogP contribution < -0.4 is 10.6 Å². The molecule has 0 aliphatic heterocycles. The van der Waals surface area contributed by atoms with Crippen LogP contribution in [0.3, 0.4) is 0 Å². The maximum atomic E-state index is 4.63. The topological polar surface area (TPSA) is 78.0 Å². The minimum atomic E-state index is 0. The third-order valence-corrected chi connectivity index (χ3v) is 4.58. The van der Waals surface area contributed by atoms with Gasteiger partial charge in [-0.3, -0.25) is 5.10 Å². The van der Waals surface area contributed by atoms with Crippen LogP contribution in [0, 0.1) is 6.92 Å². The van der Waals surface area contributed by atoms with Crippen molar-refractivity contribution >= 4 is 41.3 Å². The third kappa shape index (κ3) is 7.31. The highest BCUT2D eigenvalue weighted by Crippen LogP contribution is 2.18. The Morgan fingerprint density at radius 1 is 1.36 bits per heavy atom. The lowest BCUT2D eigenvalue weighted by atomic mass is 10.1. The molecule has 0 fully saturated rings. The van der Waals surface area contributed by atoms with E-state index in [0.29, 0.717) is 12.5 Å². The number of thiazole rings is 1. The molecule has 8 heteroatoms. The number of hydrogen-bond acceptors (Lipinski definition) is 4. The number of aryl methyl sites for hydroxylation is 2. The molecule has 2 aromatic rings. The normalized spacial score (nSPS) is 11.5. The summed E-state index contributed by atoms with van der Waals surface area (Å²) in [6.07, 6.45) is 3.96. The van der Waals surface area contributed by atoms with E-state index < -0.39 is 0 Å². The van der Waals surface area contributed by atoms with Gasteiger partial charge >= 0.3 is 0 Å². The number of H-pyrrole nitrogens is 1. The van der Waals surface area contributed by atoms with Gasteiger partial charge in [-0.2, -0.15) is 5.10 Å². The number of aliphatic imine (C=N–C) groups is 1. The van der Waals surface area contributed by atoms with E-state index in [1.165, 1.54) is 5.56 Å². The fraction of sp³-hybridized carbons (Fsp3) is 0.588. The SMILES string of the molecule is CCNC(=NCc1nc(C(C)C)cs1)NCCCc1cn[nH]c1C.I. The molecule has 2 aromatic heterocycles. The fourth-order valence-corrected chi connectivity index (χ4v) is 3.14. The molecule has 0 atom stereocenters. The first-order valence-electron chi connectivity index (χ1n) is 8.55. The molecule has 0 aliphatic rings. The average Bonchev–Trinajstić information content (AvgIpc) is 3.18. The Bertz CT molecular complexity index is 649. The van der Waals surface area contributed by atoms with Crippen LogP contribution in [0.1, 0.15) is 55.1 Å². The van der Waals surface area contributed by atoms with Gasteiger partial charge in [0.05, 0.1) is 18.4 Å². The third-order valence-electron chi connectivity index (χ3n) is 3.73. The Morgan fingerprint density at radius 2 is 2.16 bits per heavy atom. The van der Waals surface area contributed by atoms with Gasteiger partial charge in [0.2, 0.25) is 0 Å². The molecule has 0 saturated heterocycles. The van der Waals surface area contributed by atoms with Crippen LogP contribution in [0.5, 0.6) is 0 Å². The molecular weight excluding hydrogens is 447 g/mol. The molecule has 0 spiro atoms. The summed E-state index contributed by atoms with van der Waals surface area (Å²) in [6, 6.07) is 0. The van der Waals surface area contributed by atoms with E-state index >= 15 is 0 Å². The zero-order chi connectivity index (χ0) is 17.4. The Kier molecular flexibility index (Phi) is 10.0. The highest BCUT2D eigenvalue weighted by molar-refractivity contribution is 14.0. The number of halogens is 1. The highest BCUT2D eigenvalue weighted by Gasteiger charge is 2.06. The van der Waals surface area contributed by atoms with Gasteiger partial charge in [-0.1, -0.05) is 13.8 Å². The van der Waals surface area contributed by atoms with Gasteiger partial charge < -0.3 is 10.6 Å². The minimum absolute atomic E-state index is 0. The number of aromatic amines is 1.